The minimum Gasteiger partial charge on any atom is -0.497 e. The molecule has 1 aliphatic heterocycles. The van der Waals surface area contributed by atoms with Gasteiger partial charge >= 0.3 is 5.97 Å². The van der Waals surface area contributed by atoms with E-state index in [0.29, 0.717) is 47.9 Å². The smallest absolute Gasteiger partial charge is 0.339 e. The van der Waals surface area contributed by atoms with Crippen LogP contribution in [0.15, 0.2) is 30.3 Å². The number of ether oxygens (including phenoxy) is 3. The standard InChI is InChI=1S/C21H23NO6/c1-4-19(23)22-5-6-28-20-15(12-22)7-13(10-18(20)21(24)25)14-8-16(26-2)11-17(9-14)27-3/h7-11H,4-6,12H2,1-3H3,(H,24,25). The van der Waals surface area contributed by atoms with Crippen LogP contribution in [0.1, 0.15) is 29.3 Å². The number of hydrogen-bond acceptors (Lipinski definition) is 5. The molecule has 0 fully saturated rings. The molecule has 0 unspecified atom stereocenters. The molecule has 0 atom stereocenters. The molecular formula is C21H23NO6. The number of carboxylic acid groups (broad SMARTS) is 1. The van der Waals surface area contributed by atoms with E-state index in [-0.39, 0.29) is 18.1 Å². The maximum absolute atomic E-state index is 12.2. The van der Waals surface area contributed by atoms with Gasteiger partial charge in [-0.1, -0.05) is 6.92 Å². The van der Waals surface area contributed by atoms with Gasteiger partial charge in [-0.2, -0.15) is 0 Å². The minimum atomic E-state index is -1.08. The number of carbonyl (C=O) groups is 2. The first kappa shape index (κ1) is 19.5. The average Bonchev–Trinajstić information content (AvgIpc) is 2.94. The summed E-state index contributed by atoms with van der Waals surface area (Å²) in [4.78, 5) is 25.8. The normalized spacial score (nSPS) is 13.2. The summed E-state index contributed by atoms with van der Waals surface area (Å²) < 4.78 is 16.4. The number of amides is 1. The van der Waals surface area contributed by atoms with E-state index in [1.807, 2.05) is 18.2 Å². The highest BCUT2D eigenvalue weighted by Gasteiger charge is 2.24. The van der Waals surface area contributed by atoms with E-state index >= 15 is 0 Å². The summed E-state index contributed by atoms with van der Waals surface area (Å²) >= 11 is 0. The Morgan fingerprint density at radius 3 is 2.29 bits per heavy atom. The van der Waals surface area contributed by atoms with Crippen molar-refractivity contribution in [3.05, 3.63) is 41.5 Å². The first-order valence-electron chi connectivity index (χ1n) is 9.01. The Morgan fingerprint density at radius 2 is 1.71 bits per heavy atom. The van der Waals surface area contributed by atoms with Crippen molar-refractivity contribution in [3.8, 4) is 28.4 Å². The van der Waals surface area contributed by atoms with Gasteiger partial charge in [0.1, 0.15) is 29.4 Å². The lowest BCUT2D eigenvalue weighted by atomic mass is 9.97. The van der Waals surface area contributed by atoms with Crippen molar-refractivity contribution in [2.75, 3.05) is 27.4 Å². The summed E-state index contributed by atoms with van der Waals surface area (Å²) in [5.74, 6) is 0.433. The van der Waals surface area contributed by atoms with Gasteiger partial charge in [0.2, 0.25) is 5.91 Å². The fourth-order valence-electron chi connectivity index (χ4n) is 3.26. The van der Waals surface area contributed by atoms with Crippen LogP contribution in [0, 0.1) is 0 Å². The van der Waals surface area contributed by atoms with E-state index < -0.39 is 5.97 Å². The monoisotopic (exact) mass is 385 g/mol. The molecule has 0 radical (unpaired) electrons. The van der Waals surface area contributed by atoms with Crippen LogP contribution in [0.2, 0.25) is 0 Å². The molecule has 148 valence electrons. The Kier molecular flexibility index (Phi) is 5.73. The number of carbonyl (C=O) groups excluding carboxylic acids is 1. The second kappa shape index (κ2) is 8.21. The summed E-state index contributed by atoms with van der Waals surface area (Å²) in [6.07, 6.45) is 0.383. The number of methoxy groups -OCH3 is 2. The predicted octanol–water partition coefficient (Wildman–Crippen LogP) is 3.20. The fourth-order valence-corrected chi connectivity index (χ4v) is 3.26. The van der Waals surface area contributed by atoms with Gasteiger partial charge in [0.05, 0.1) is 20.8 Å². The number of hydrogen-bond donors (Lipinski definition) is 1. The summed E-state index contributed by atoms with van der Waals surface area (Å²) in [6, 6.07) is 8.80. The third-order valence-corrected chi connectivity index (χ3v) is 4.71. The van der Waals surface area contributed by atoms with E-state index in [2.05, 4.69) is 0 Å². The van der Waals surface area contributed by atoms with Crippen LogP contribution in [0.4, 0.5) is 0 Å². The molecule has 7 nitrogen and oxygen atoms in total. The zero-order valence-electron chi connectivity index (χ0n) is 16.2. The number of carboxylic acids is 1. The van der Waals surface area contributed by atoms with Gasteiger partial charge in [-0.15, -0.1) is 0 Å². The number of aromatic carboxylic acids is 1. The van der Waals surface area contributed by atoms with Crippen molar-refractivity contribution in [1.29, 1.82) is 0 Å². The fraction of sp³-hybridized carbons (Fsp3) is 0.333. The van der Waals surface area contributed by atoms with E-state index in [9.17, 15) is 14.7 Å². The molecule has 1 heterocycles. The molecule has 0 aliphatic carbocycles. The molecule has 2 aromatic carbocycles. The Morgan fingerprint density at radius 1 is 1.07 bits per heavy atom. The molecule has 0 saturated carbocycles. The van der Waals surface area contributed by atoms with Crippen molar-refractivity contribution < 1.29 is 28.9 Å². The lowest BCUT2D eigenvalue weighted by Crippen LogP contribution is -2.31. The van der Waals surface area contributed by atoms with Gasteiger partial charge in [0.25, 0.3) is 0 Å². The first-order chi connectivity index (χ1) is 13.5. The van der Waals surface area contributed by atoms with Crippen LogP contribution < -0.4 is 14.2 Å². The van der Waals surface area contributed by atoms with Gasteiger partial charge < -0.3 is 24.2 Å². The third-order valence-electron chi connectivity index (χ3n) is 4.71. The van der Waals surface area contributed by atoms with E-state index in [1.54, 1.807) is 38.2 Å². The summed E-state index contributed by atoms with van der Waals surface area (Å²) in [5, 5.41) is 9.72. The highest BCUT2D eigenvalue weighted by molar-refractivity contribution is 5.94. The Hall–Kier alpha value is -3.22. The topological polar surface area (TPSA) is 85.3 Å². The average molecular weight is 385 g/mol. The van der Waals surface area contributed by atoms with Gasteiger partial charge in [0, 0.05) is 24.6 Å². The second-order valence-electron chi connectivity index (χ2n) is 6.44. The quantitative estimate of drug-likeness (QED) is 0.851. The van der Waals surface area contributed by atoms with Crippen molar-refractivity contribution in [2.24, 2.45) is 0 Å². The highest BCUT2D eigenvalue weighted by atomic mass is 16.5. The van der Waals surface area contributed by atoms with Crippen LogP contribution in [0.3, 0.4) is 0 Å². The number of benzene rings is 2. The second-order valence-corrected chi connectivity index (χ2v) is 6.44. The summed E-state index contributed by atoms with van der Waals surface area (Å²) in [7, 11) is 3.11. The molecule has 0 saturated heterocycles. The molecule has 2 aromatic rings. The van der Waals surface area contributed by atoms with Gasteiger partial charge in [-0.25, -0.2) is 4.79 Å². The molecule has 7 heteroatoms. The SMILES string of the molecule is CCC(=O)N1CCOc2c(cc(-c3cc(OC)cc(OC)c3)cc2C(=O)O)C1. The van der Waals surface area contributed by atoms with Crippen LogP contribution in [0.5, 0.6) is 17.2 Å². The Labute approximate surface area is 163 Å². The molecular weight excluding hydrogens is 362 g/mol. The number of rotatable bonds is 5. The predicted molar refractivity (Wildman–Crippen MR) is 103 cm³/mol. The zero-order chi connectivity index (χ0) is 20.3. The Bertz CT molecular complexity index is 886. The van der Waals surface area contributed by atoms with Crippen molar-refractivity contribution in [1.82, 2.24) is 4.90 Å². The number of fused-ring (bicyclic) bond motifs is 1. The third kappa shape index (κ3) is 3.88. The van der Waals surface area contributed by atoms with Crippen LogP contribution in [-0.2, 0) is 11.3 Å². The highest BCUT2D eigenvalue weighted by Crippen LogP contribution is 2.36. The molecule has 1 amide bonds. The maximum Gasteiger partial charge on any atom is 0.339 e. The first-order valence-corrected chi connectivity index (χ1v) is 9.01. The largest absolute Gasteiger partial charge is 0.497 e. The maximum atomic E-state index is 12.2. The van der Waals surface area contributed by atoms with E-state index in [1.165, 1.54) is 0 Å². The lowest BCUT2D eigenvalue weighted by molar-refractivity contribution is -0.131. The molecule has 0 spiro atoms. The van der Waals surface area contributed by atoms with E-state index in [0.717, 1.165) is 5.56 Å². The van der Waals surface area contributed by atoms with Crippen molar-refractivity contribution in [3.63, 3.8) is 0 Å². The molecule has 1 aliphatic rings. The molecule has 0 bridgehead atoms. The van der Waals surface area contributed by atoms with Crippen molar-refractivity contribution in [2.45, 2.75) is 19.9 Å². The Balaban J connectivity index is 2.14. The molecule has 1 N–H and O–H groups in total. The zero-order valence-corrected chi connectivity index (χ0v) is 16.2. The summed E-state index contributed by atoms with van der Waals surface area (Å²) in [6.45, 7) is 2.78. The van der Waals surface area contributed by atoms with Crippen molar-refractivity contribution >= 4 is 11.9 Å². The van der Waals surface area contributed by atoms with Crippen LogP contribution in [-0.4, -0.2) is 49.3 Å². The lowest BCUT2D eigenvalue weighted by Gasteiger charge is -2.19. The van der Waals surface area contributed by atoms with Gasteiger partial charge in [-0.05, 0) is 35.4 Å². The van der Waals surface area contributed by atoms with Crippen LogP contribution >= 0.6 is 0 Å². The van der Waals surface area contributed by atoms with Gasteiger partial charge in [-0.3, -0.25) is 4.79 Å². The summed E-state index contributed by atoms with van der Waals surface area (Å²) in [5.41, 5.74) is 2.16. The van der Waals surface area contributed by atoms with E-state index in [4.69, 9.17) is 14.2 Å². The minimum absolute atomic E-state index is 0.00165. The molecule has 3 rings (SSSR count). The van der Waals surface area contributed by atoms with Crippen LogP contribution in [0.25, 0.3) is 11.1 Å². The number of nitrogens with zero attached hydrogens (tertiary/aromatic N) is 1. The van der Waals surface area contributed by atoms with Gasteiger partial charge in [0.15, 0.2) is 0 Å². The molecule has 0 aromatic heterocycles. The molecule has 28 heavy (non-hydrogen) atoms.